The highest BCUT2D eigenvalue weighted by atomic mass is 32.2. The van der Waals surface area contributed by atoms with Gasteiger partial charge in [-0.2, -0.15) is 4.31 Å². The van der Waals surface area contributed by atoms with E-state index < -0.39 is 10.0 Å². The van der Waals surface area contributed by atoms with E-state index in [1.54, 1.807) is 30.4 Å². The molecule has 0 saturated carbocycles. The zero-order valence-corrected chi connectivity index (χ0v) is 20.5. The molecule has 172 valence electrons. The normalized spacial score (nSPS) is 11.9. The van der Waals surface area contributed by atoms with Crippen LogP contribution >= 0.6 is 23.1 Å². The van der Waals surface area contributed by atoms with Gasteiger partial charge in [0, 0.05) is 37.6 Å². The number of fused-ring (bicyclic) bond motifs is 1. The Morgan fingerprint density at radius 2 is 1.91 bits per heavy atom. The topological polar surface area (TPSA) is 114 Å². The Hall–Kier alpha value is -2.28. The van der Waals surface area contributed by atoms with E-state index in [9.17, 15) is 18.0 Å². The molecule has 0 unspecified atom stereocenters. The number of thiophene rings is 1. The molecule has 9 nitrogen and oxygen atoms in total. The second kappa shape index (κ2) is 10.6. The fourth-order valence-electron chi connectivity index (χ4n) is 3.04. The first kappa shape index (κ1) is 24.4. The van der Waals surface area contributed by atoms with Gasteiger partial charge in [-0.3, -0.25) is 14.0 Å². The minimum Gasteiger partial charge on any atom is -0.356 e. The van der Waals surface area contributed by atoms with Crippen LogP contribution in [-0.4, -0.2) is 64.4 Å². The molecule has 1 N–H and O–H groups in total. The molecule has 0 aliphatic heterocycles. The van der Waals surface area contributed by atoms with Crippen molar-refractivity contribution in [3.63, 3.8) is 0 Å². The second-order valence-electron chi connectivity index (χ2n) is 6.88. The average Bonchev–Trinajstić information content (AvgIpc) is 3.39. The summed E-state index contributed by atoms with van der Waals surface area (Å²) in [6, 6.07) is 6.80. The fourth-order valence-corrected chi connectivity index (χ4v) is 6.33. The van der Waals surface area contributed by atoms with Gasteiger partial charge in [0.15, 0.2) is 16.6 Å². The lowest BCUT2D eigenvalue weighted by atomic mass is 10.3. The van der Waals surface area contributed by atoms with Gasteiger partial charge in [0.25, 0.3) is 0 Å². The van der Waals surface area contributed by atoms with Crippen LogP contribution in [0.2, 0.25) is 0 Å². The van der Waals surface area contributed by atoms with E-state index in [4.69, 9.17) is 0 Å². The minimum absolute atomic E-state index is 0.0468. The molecule has 32 heavy (non-hydrogen) atoms. The highest BCUT2D eigenvalue weighted by Gasteiger charge is 2.23. The number of Topliss-reactive ketones (excluding diaryl/α,β-unsaturated/α-hetero) is 1. The van der Waals surface area contributed by atoms with Crippen molar-refractivity contribution in [3.05, 3.63) is 40.2 Å². The molecule has 3 heterocycles. The molecule has 0 bridgehead atoms. The van der Waals surface area contributed by atoms with Gasteiger partial charge < -0.3 is 5.32 Å². The van der Waals surface area contributed by atoms with Gasteiger partial charge >= 0.3 is 0 Å². The van der Waals surface area contributed by atoms with Crippen molar-refractivity contribution in [1.29, 1.82) is 0 Å². The number of hydrogen-bond acceptors (Lipinski definition) is 8. The third-order valence-corrected chi connectivity index (χ3v) is 8.86. The van der Waals surface area contributed by atoms with E-state index in [0.29, 0.717) is 41.7 Å². The van der Waals surface area contributed by atoms with Gasteiger partial charge in [-0.15, -0.1) is 21.5 Å². The van der Waals surface area contributed by atoms with Gasteiger partial charge in [0.2, 0.25) is 15.9 Å². The Balaban J connectivity index is 1.71. The number of carbonyl (C=O) groups excluding carboxylic acids is 2. The molecule has 0 aromatic carbocycles. The zero-order chi connectivity index (χ0) is 23.3. The van der Waals surface area contributed by atoms with E-state index in [1.165, 1.54) is 46.6 Å². The predicted octanol–water partition coefficient (Wildman–Crippen LogP) is 2.47. The number of thioether (sulfide) groups is 1. The molecule has 0 spiro atoms. The molecule has 12 heteroatoms. The molecule has 0 aliphatic carbocycles. The summed E-state index contributed by atoms with van der Waals surface area (Å²) in [4.78, 5) is 25.4. The molecule has 3 aromatic rings. The van der Waals surface area contributed by atoms with Crippen molar-refractivity contribution in [2.24, 2.45) is 0 Å². The summed E-state index contributed by atoms with van der Waals surface area (Å²) < 4.78 is 28.6. The van der Waals surface area contributed by atoms with Gasteiger partial charge in [0.1, 0.15) is 0 Å². The monoisotopic (exact) mass is 495 g/mol. The second-order valence-corrected chi connectivity index (χ2v) is 10.9. The van der Waals surface area contributed by atoms with Crippen LogP contribution in [0.15, 0.2) is 40.5 Å². The average molecular weight is 496 g/mol. The molecule has 0 aliphatic rings. The van der Waals surface area contributed by atoms with Crippen LogP contribution in [0.1, 0.15) is 35.3 Å². The Bertz CT molecular complexity index is 1220. The van der Waals surface area contributed by atoms with Crippen molar-refractivity contribution in [3.8, 4) is 0 Å². The maximum atomic E-state index is 12.8. The summed E-state index contributed by atoms with van der Waals surface area (Å²) in [6.07, 6.45) is 2.17. The lowest BCUT2D eigenvalue weighted by Crippen LogP contribution is -2.30. The van der Waals surface area contributed by atoms with Crippen LogP contribution in [-0.2, 0) is 21.2 Å². The molecule has 3 aromatic heterocycles. The fraction of sp³-hybridized carbons (Fsp3) is 0.400. The summed E-state index contributed by atoms with van der Waals surface area (Å²) in [5, 5.41) is 11.4. The van der Waals surface area contributed by atoms with E-state index in [1.807, 2.05) is 6.07 Å². The molecule has 0 radical (unpaired) electrons. The summed E-state index contributed by atoms with van der Waals surface area (Å²) in [5.41, 5.74) is 0.509. The molecule has 1 amide bonds. The lowest BCUT2D eigenvalue weighted by Gasteiger charge is -2.18. The van der Waals surface area contributed by atoms with Crippen molar-refractivity contribution >= 4 is 50.5 Å². The number of nitrogens with one attached hydrogen (secondary N) is 1. The van der Waals surface area contributed by atoms with Gasteiger partial charge in [-0.1, -0.05) is 25.6 Å². The number of hydrogen-bond donors (Lipinski definition) is 1. The minimum atomic E-state index is -3.62. The number of ketones is 1. The van der Waals surface area contributed by atoms with Gasteiger partial charge in [-0.05, 0) is 30.7 Å². The van der Waals surface area contributed by atoms with Crippen molar-refractivity contribution in [1.82, 2.24) is 24.2 Å². The smallest absolute Gasteiger partial charge is 0.244 e. The van der Waals surface area contributed by atoms with Crippen LogP contribution < -0.4 is 5.32 Å². The Morgan fingerprint density at radius 1 is 1.16 bits per heavy atom. The number of carbonyl (C=O) groups is 2. The quantitative estimate of drug-likeness (QED) is 0.321. The largest absolute Gasteiger partial charge is 0.356 e. The first-order valence-corrected chi connectivity index (χ1v) is 13.3. The number of aromatic nitrogens is 3. The molecule has 0 saturated heterocycles. The first-order chi connectivity index (χ1) is 15.3. The van der Waals surface area contributed by atoms with Crippen molar-refractivity contribution < 1.29 is 18.0 Å². The molecule has 0 atom stereocenters. The summed E-state index contributed by atoms with van der Waals surface area (Å²) in [5.74, 6) is 0.0247. The number of pyridine rings is 1. The maximum absolute atomic E-state index is 12.8. The first-order valence-electron chi connectivity index (χ1n) is 10.1. The third-order valence-electron chi connectivity index (χ3n) is 4.70. The molecular weight excluding hydrogens is 470 g/mol. The molecule has 3 rings (SSSR count). The highest BCUT2D eigenvalue weighted by Crippen LogP contribution is 2.24. The zero-order valence-electron chi connectivity index (χ0n) is 18.1. The molecule has 0 fully saturated rings. The number of sulfonamides is 1. The van der Waals surface area contributed by atoms with E-state index >= 15 is 0 Å². The number of amides is 1. The van der Waals surface area contributed by atoms with E-state index in [-0.39, 0.29) is 22.3 Å². The maximum Gasteiger partial charge on any atom is 0.244 e. The van der Waals surface area contributed by atoms with Crippen molar-refractivity contribution in [2.45, 2.75) is 37.2 Å². The van der Waals surface area contributed by atoms with E-state index in [0.717, 1.165) is 4.88 Å². The highest BCUT2D eigenvalue weighted by molar-refractivity contribution is 7.99. The summed E-state index contributed by atoms with van der Waals surface area (Å²) >= 11 is 2.62. The lowest BCUT2D eigenvalue weighted by molar-refractivity contribution is -0.118. The van der Waals surface area contributed by atoms with Crippen LogP contribution in [0.4, 0.5) is 0 Å². The summed E-state index contributed by atoms with van der Waals surface area (Å²) in [7, 11) is -3.62. The van der Waals surface area contributed by atoms with Crippen LogP contribution in [0.5, 0.6) is 0 Å². The number of nitrogens with zero attached hydrogens (tertiary/aromatic N) is 4. The van der Waals surface area contributed by atoms with Gasteiger partial charge in [-0.25, -0.2) is 8.42 Å². The van der Waals surface area contributed by atoms with Crippen molar-refractivity contribution in [2.75, 3.05) is 25.4 Å². The van der Waals surface area contributed by atoms with Crippen LogP contribution in [0, 0.1) is 0 Å². The summed E-state index contributed by atoms with van der Waals surface area (Å²) in [6.45, 7) is 6.34. The Labute approximate surface area is 195 Å². The Kier molecular flexibility index (Phi) is 8.04. The number of rotatable bonds is 11. The third kappa shape index (κ3) is 5.55. The van der Waals surface area contributed by atoms with Crippen LogP contribution in [0.3, 0.4) is 0 Å². The Morgan fingerprint density at radius 3 is 2.59 bits per heavy atom. The van der Waals surface area contributed by atoms with E-state index in [2.05, 4.69) is 15.5 Å². The van der Waals surface area contributed by atoms with Gasteiger partial charge in [0.05, 0.1) is 15.5 Å². The molecular formula is C20H25N5O4S3. The van der Waals surface area contributed by atoms with Crippen LogP contribution in [0.25, 0.3) is 5.65 Å². The standard InChI is InChI=1S/C20H25N5O4S3/c1-4-24(5-2)32(28,29)16-7-9-19-22-23-20(25(19)12-16)30-13-17(27)18-8-6-15(31-18)10-11-21-14(3)26/h6-9,12H,4-5,10-11,13H2,1-3H3,(H,21,26). The SMILES string of the molecule is CCN(CC)S(=O)(=O)c1ccc2nnc(SCC(=O)c3ccc(CCNC(C)=O)s3)n2c1. The predicted molar refractivity (Wildman–Crippen MR) is 125 cm³/mol.